The Bertz CT molecular complexity index is 186. The Kier molecular flexibility index (Phi) is 6.18. The van der Waals surface area contributed by atoms with Gasteiger partial charge in [0.2, 0.25) is 0 Å². The molecule has 0 radical (unpaired) electrons. The molecule has 1 unspecified atom stereocenters. The van der Waals surface area contributed by atoms with Gasteiger partial charge in [0.15, 0.2) is 0 Å². The second-order valence-corrected chi connectivity index (χ2v) is 9.33. The Morgan fingerprint density at radius 2 is 1.20 bits per heavy atom. The van der Waals surface area contributed by atoms with E-state index in [0.717, 1.165) is 0 Å². The van der Waals surface area contributed by atoms with Gasteiger partial charge in [-0.2, -0.15) is 0 Å². The van der Waals surface area contributed by atoms with E-state index in [9.17, 15) is 0 Å². The molecule has 0 spiro atoms. The molecule has 0 aliphatic rings. The quantitative estimate of drug-likeness (QED) is 0.644. The van der Waals surface area contributed by atoms with Crippen molar-refractivity contribution in [3.63, 3.8) is 0 Å². The van der Waals surface area contributed by atoms with Crippen LogP contribution in [0.3, 0.4) is 0 Å². The Labute approximate surface area is 94.4 Å². The standard InChI is InChI=1S/C8H22O5Si2/c1-8(2)12-15(7,11-5)13-14(6,9-3)10-4/h8H,1-7H3. The van der Waals surface area contributed by atoms with Crippen molar-refractivity contribution in [1.29, 1.82) is 0 Å². The van der Waals surface area contributed by atoms with Crippen molar-refractivity contribution in [3.8, 4) is 0 Å². The zero-order valence-corrected chi connectivity index (χ0v) is 12.6. The molecule has 0 aliphatic carbocycles. The molecule has 0 aliphatic heterocycles. The summed E-state index contributed by atoms with van der Waals surface area (Å²) in [6.07, 6.45) is 0.0496. The van der Waals surface area contributed by atoms with E-state index in [1.54, 1.807) is 27.9 Å². The predicted molar refractivity (Wildman–Crippen MR) is 61.6 cm³/mol. The molecule has 0 saturated carbocycles. The van der Waals surface area contributed by atoms with E-state index in [1.165, 1.54) is 0 Å². The fraction of sp³-hybridized carbons (Fsp3) is 1.00. The van der Waals surface area contributed by atoms with Crippen LogP contribution >= 0.6 is 0 Å². The molecule has 15 heavy (non-hydrogen) atoms. The summed E-state index contributed by atoms with van der Waals surface area (Å²) in [7, 11) is -0.553. The van der Waals surface area contributed by atoms with Gasteiger partial charge in [-0.15, -0.1) is 0 Å². The number of hydrogen-bond donors (Lipinski definition) is 0. The number of rotatable bonds is 7. The molecule has 0 rings (SSSR count). The monoisotopic (exact) mass is 254 g/mol. The maximum atomic E-state index is 5.77. The molecule has 0 aromatic carbocycles. The van der Waals surface area contributed by atoms with Crippen LogP contribution in [0.4, 0.5) is 0 Å². The van der Waals surface area contributed by atoms with Crippen LogP contribution in [0.15, 0.2) is 0 Å². The number of hydrogen-bond acceptors (Lipinski definition) is 5. The maximum Gasteiger partial charge on any atom is 0.490 e. The second-order valence-electron chi connectivity index (χ2n) is 3.61. The average Bonchev–Trinajstić information content (AvgIpc) is 2.16. The lowest BCUT2D eigenvalue weighted by Gasteiger charge is -2.33. The highest BCUT2D eigenvalue weighted by Crippen LogP contribution is 2.18. The van der Waals surface area contributed by atoms with E-state index in [0.29, 0.717) is 0 Å². The molecule has 1 atom stereocenters. The lowest BCUT2D eigenvalue weighted by molar-refractivity contribution is 0.0624. The Hall–Kier alpha value is 0.234. The van der Waals surface area contributed by atoms with Crippen molar-refractivity contribution in [2.45, 2.75) is 33.0 Å². The summed E-state index contributed by atoms with van der Waals surface area (Å²) < 4.78 is 27.2. The fourth-order valence-corrected chi connectivity index (χ4v) is 6.05. The van der Waals surface area contributed by atoms with Crippen LogP contribution < -0.4 is 0 Å². The molecule has 0 amide bonds. The Morgan fingerprint density at radius 1 is 0.800 bits per heavy atom. The van der Waals surface area contributed by atoms with Crippen LogP contribution in [-0.4, -0.2) is 45.0 Å². The van der Waals surface area contributed by atoms with Crippen molar-refractivity contribution in [3.05, 3.63) is 0 Å². The van der Waals surface area contributed by atoms with Crippen LogP contribution in [0.5, 0.6) is 0 Å². The van der Waals surface area contributed by atoms with Crippen LogP contribution in [0.1, 0.15) is 13.8 Å². The highest BCUT2D eigenvalue weighted by Gasteiger charge is 2.46. The van der Waals surface area contributed by atoms with Crippen molar-refractivity contribution >= 4 is 17.6 Å². The summed E-state index contributed by atoms with van der Waals surface area (Å²) >= 11 is 0. The lowest BCUT2D eigenvalue weighted by atomic mass is 10.5. The summed E-state index contributed by atoms with van der Waals surface area (Å²) in [5.41, 5.74) is 0. The third kappa shape index (κ3) is 5.20. The van der Waals surface area contributed by atoms with Gasteiger partial charge in [0, 0.05) is 40.5 Å². The highest BCUT2D eigenvalue weighted by atomic mass is 28.5. The molecule has 0 fully saturated rings. The van der Waals surface area contributed by atoms with Gasteiger partial charge in [-0.25, -0.2) is 0 Å². The van der Waals surface area contributed by atoms with Crippen molar-refractivity contribution in [2.24, 2.45) is 0 Å². The summed E-state index contributed by atoms with van der Waals surface area (Å²) in [6, 6.07) is 0. The fourth-order valence-electron chi connectivity index (χ4n) is 1.05. The molecule has 0 N–H and O–H groups in total. The minimum Gasteiger partial charge on any atom is -0.377 e. The largest absolute Gasteiger partial charge is 0.490 e. The smallest absolute Gasteiger partial charge is 0.377 e. The van der Waals surface area contributed by atoms with Gasteiger partial charge in [0.25, 0.3) is 0 Å². The van der Waals surface area contributed by atoms with Gasteiger partial charge in [-0.05, 0) is 13.8 Å². The molecule has 0 aromatic rings. The summed E-state index contributed by atoms with van der Waals surface area (Å²) in [6.45, 7) is 7.51. The second kappa shape index (κ2) is 6.09. The van der Waals surface area contributed by atoms with Gasteiger partial charge in [-0.1, -0.05) is 0 Å². The van der Waals surface area contributed by atoms with Gasteiger partial charge in [0.05, 0.1) is 0 Å². The van der Waals surface area contributed by atoms with Crippen LogP contribution in [-0.2, 0) is 21.8 Å². The van der Waals surface area contributed by atoms with E-state index in [1.807, 2.05) is 20.4 Å². The molecule has 0 bridgehead atoms. The van der Waals surface area contributed by atoms with Crippen molar-refractivity contribution < 1.29 is 21.8 Å². The summed E-state index contributed by atoms with van der Waals surface area (Å²) in [4.78, 5) is 0. The topological polar surface area (TPSA) is 46.2 Å². The minimum absolute atomic E-state index is 0.0496. The molecule has 0 saturated heterocycles. The Morgan fingerprint density at radius 3 is 1.47 bits per heavy atom. The summed E-state index contributed by atoms with van der Waals surface area (Å²) in [5.74, 6) is 0. The SMILES string of the molecule is CO[Si](C)(OC)O[Si](C)(OC)OC(C)C. The van der Waals surface area contributed by atoms with Gasteiger partial charge >= 0.3 is 17.6 Å². The van der Waals surface area contributed by atoms with Gasteiger partial charge in [-0.3, -0.25) is 0 Å². The van der Waals surface area contributed by atoms with Crippen LogP contribution in [0.2, 0.25) is 13.1 Å². The Balaban J connectivity index is 4.54. The first kappa shape index (κ1) is 15.2. The molecule has 0 heterocycles. The first-order chi connectivity index (χ1) is 6.81. The van der Waals surface area contributed by atoms with E-state index in [2.05, 4.69) is 0 Å². The lowest BCUT2D eigenvalue weighted by Crippen LogP contribution is -2.55. The highest BCUT2D eigenvalue weighted by molar-refractivity contribution is 6.73. The van der Waals surface area contributed by atoms with E-state index < -0.39 is 17.6 Å². The normalized spacial score (nSPS) is 16.8. The third-order valence-corrected chi connectivity index (χ3v) is 8.02. The molecular weight excluding hydrogens is 232 g/mol. The van der Waals surface area contributed by atoms with E-state index in [4.69, 9.17) is 21.8 Å². The van der Waals surface area contributed by atoms with Crippen molar-refractivity contribution in [2.75, 3.05) is 21.3 Å². The third-order valence-electron chi connectivity index (χ3n) is 1.93. The average molecular weight is 254 g/mol. The predicted octanol–water partition coefficient (Wildman–Crippen LogP) is 1.50. The first-order valence-electron chi connectivity index (χ1n) is 4.84. The molecule has 7 heteroatoms. The molecule has 92 valence electrons. The van der Waals surface area contributed by atoms with Gasteiger partial charge in [0.1, 0.15) is 0 Å². The maximum absolute atomic E-state index is 5.77. The summed E-state index contributed by atoms with van der Waals surface area (Å²) in [5, 5.41) is 0. The molecule has 5 nitrogen and oxygen atoms in total. The van der Waals surface area contributed by atoms with Crippen molar-refractivity contribution in [1.82, 2.24) is 0 Å². The first-order valence-corrected chi connectivity index (χ1v) is 9.29. The minimum atomic E-state index is -2.65. The van der Waals surface area contributed by atoms with Gasteiger partial charge < -0.3 is 21.8 Å². The zero-order valence-electron chi connectivity index (χ0n) is 10.6. The zero-order chi connectivity index (χ0) is 12.1. The van der Waals surface area contributed by atoms with E-state index in [-0.39, 0.29) is 6.10 Å². The molecular formula is C8H22O5Si2. The van der Waals surface area contributed by atoms with Crippen LogP contribution in [0, 0.1) is 0 Å². The van der Waals surface area contributed by atoms with Crippen LogP contribution in [0.25, 0.3) is 0 Å². The molecule has 0 aromatic heterocycles. The van der Waals surface area contributed by atoms with E-state index >= 15 is 0 Å².